The van der Waals surface area contributed by atoms with E-state index in [1.807, 2.05) is 6.92 Å². The summed E-state index contributed by atoms with van der Waals surface area (Å²) >= 11 is 0. The van der Waals surface area contributed by atoms with Crippen LogP contribution in [0.25, 0.3) is 0 Å². The van der Waals surface area contributed by atoms with Crippen molar-refractivity contribution in [2.75, 3.05) is 13.1 Å². The topological polar surface area (TPSA) is 66.8 Å². The predicted molar refractivity (Wildman–Crippen MR) is 53.5 cm³/mol. The highest BCUT2D eigenvalue weighted by Crippen LogP contribution is 2.20. The van der Waals surface area contributed by atoms with Gasteiger partial charge in [0.15, 0.2) is 0 Å². The molecule has 1 amide bonds. The van der Waals surface area contributed by atoms with E-state index in [1.165, 1.54) is 4.90 Å². The second-order valence-electron chi connectivity index (χ2n) is 3.76. The van der Waals surface area contributed by atoms with Crippen molar-refractivity contribution in [3.63, 3.8) is 0 Å². The van der Waals surface area contributed by atoms with E-state index in [9.17, 15) is 9.59 Å². The highest BCUT2D eigenvalue weighted by atomic mass is 16.5. The van der Waals surface area contributed by atoms with Crippen LogP contribution in [0.1, 0.15) is 26.7 Å². The van der Waals surface area contributed by atoms with Gasteiger partial charge in [0.25, 0.3) is 5.91 Å². The Balaban J connectivity index is 2.53. The number of amides is 1. The molecule has 1 heterocycles. The van der Waals surface area contributed by atoms with E-state index < -0.39 is 12.1 Å². The van der Waals surface area contributed by atoms with Gasteiger partial charge in [0, 0.05) is 6.54 Å². The predicted octanol–water partition coefficient (Wildman–Crippen LogP) is 0.487. The minimum atomic E-state index is -0.990. The van der Waals surface area contributed by atoms with Crippen molar-refractivity contribution in [3.8, 4) is 0 Å². The molecule has 1 saturated heterocycles. The van der Waals surface area contributed by atoms with E-state index in [4.69, 9.17) is 9.84 Å². The molecule has 0 aliphatic carbocycles. The number of hydrogen-bond acceptors (Lipinski definition) is 3. The normalized spacial score (nSPS) is 25.2. The fourth-order valence-electron chi connectivity index (χ4n) is 1.70. The lowest BCUT2D eigenvalue weighted by atomic mass is 10.2. The van der Waals surface area contributed by atoms with Gasteiger partial charge < -0.3 is 14.7 Å². The first-order valence-electron chi connectivity index (χ1n) is 5.20. The van der Waals surface area contributed by atoms with E-state index in [2.05, 4.69) is 0 Å². The molecular formula is C10H17NO4. The van der Waals surface area contributed by atoms with Gasteiger partial charge in [-0.05, 0) is 26.7 Å². The molecule has 0 aromatic heterocycles. The molecule has 2 unspecified atom stereocenters. The number of likely N-dealkylation sites (N-methyl/N-ethyl adjacent to an activating group) is 1. The maximum absolute atomic E-state index is 11.8. The second kappa shape index (κ2) is 5.11. The van der Waals surface area contributed by atoms with Crippen LogP contribution in [-0.2, 0) is 14.3 Å². The summed E-state index contributed by atoms with van der Waals surface area (Å²) in [5.74, 6) is -1.19. The third-order valence-electron chi connectivity index (χ3n) is 2.53. The molecule has 2 atom stereocenters. The first kappa shape index (κ1) is 12.0. The summed E-state index contributed by atoms with van der Waals surface area (Å²) < 4.78 is 5.40. The summed E-state index contributed by atoms with van der Waals surface area (Å²) in [5.41, 5.74) is 0. The summed E-state index contributed by atoms with van der Waals surface area (Å²) in [6.07, 6.45) is 1.21. The highest BCUT2D eigenvalue weighted by molar-refractivity contribution is 5.84. The Morgan fingerprint density at radius 1 is 1.47 bits per heavy atom. The van der Waals surface area contributed by atoms with E-state index in [1.54, 1.807) is 6.92 Å². The van der Waals surface area contributed by atoms with Gasteiger partial charge in [0.2, 0.25) is 0 Å². The van der Waals surface area contributed by atoms with Crippen LogP contribution in [0.2, 0.25) is 0 Å². The average Bonchev–Trinajstić information content (AvgIpc) is 2.60. The van der Waals surface area contributed by atoms with E-state index in [0.717, 1.165) is 6.42 Å². The molecule has 0 aromatic carbocycles. The Morgan fingerprint density at radius 3 is 2.53 bits per heavy atom. The minimum Gasteiger partial charge on any atom is -0.480 e. The quantitative estimate of drug-likeness (QED) is 0.741. The largest absolute Gasteiger partial charge is 0.480 e. The molecule has 86 valence electrons. The smallest absolute Gasteiger partial charge is 0.323 e. The molecule has 0 saturated carbocycles. The van der Waals surface area contributed by atoms with Crippen LogP contribution in [-0.4, -0.2) is 47.2 Å². The molecule has 5 nitrogen and oxygen atoms in total. The van der Waals surface area contributed by atoms with E-state index in [-0.39, 0.29) is 18.6 Å². The fraction of sp³-hybridized carbons (Fsp3) is 0.800. The number of hydrogen-bond donors (Lipinski definition) is 1. The molecule has 1 fully saturated rings. The zero-order valence-corrected chi connectivity index (χ0v) is 9.10. The van der Waals surface area contributed by atoms with Crippen molar-refractivity contribution in [1.82, 2.24) is 4.90 Å². The SMILES string of the molecule is CCN(CC(=O)O)C(=O)C1CCC(C)O1. The van der Waals surface area contributed by atoms with Crippen molar-refractivity contribution in [2.24, 2.45) is 0 Å². The number of carboxylic acids is 1. The van der Waals surface area contributed by atoms with Gasteiger partial charge in [0.05, 0.1) is 6.10 Å². The Bertz CT molecular complexity index is 254. The zero-order valence-electron chi connectivity index (χ0n) is 9.10. The number of carboxylic acid groups (broad SMARTS) is 1. The van der Waals surface area contributed by atoms with Crippen molar-refractivity contribution in [3.05, 3.63) is 0 Å². The van der Waals surface area contributed by atoms with Crippen molar-refractivity contribution in [2.45, 2.75) is 38.9 Å². The molecular weight excluding hydrogens is 198 g/mol. The Morgan fingerprint density at radius 2 is 2.13 bits per heavy atom. The van der Waals surface area contributed by atoms with Gasteiger partial charge in [-0.2, -0.15) is 0 Å². The standard InChI is InChI=1S/C10H17NO4/c1-3-11(6-9(12)13)10(14)8-5-4-7(2)15-8/h7-8H,3-6H2,1-2H3,(H,12,13). The number of rotatable bonds is 4. The lowest BCUT2D eigenvalue weighted by Crippen LogP contribution is -2.41. The summed E-state index contributed by atoms with van der Waals surface area (Å²) in [7, 11) is 0. The van der Waals surface area contributed by atoms with Gasteiger partial charge in [-0.3, -0.25) is 9.59 Å². The van der Waals surface area contributed by atoms with Crippen LogP contribution >= 0.6 is 0 Å². The van der Waals surface area contributed by atoms with Crippen molar-refractivity contribution in [1.29, 1.82) is 0 Å². The van der Waals surface area contributed by atoms with E-state index >= 15 is 0 Å². The number of nitrogens with zero attached hydrogens (tertiary/aromatic N) is 1. The van der Waals surface area contributed by atoms with Gasteiger partial charge in [-0.25, -0.2) is 0 Å². The third-order valence-corrected chi connectivity index (χ3v) is 2.53. The van der Waals surface area contributed by atoms with Crippen LogP contribution in [0, 0.1) is 0 Å². The molecule has 1 N–H and O–H groups in total. The van der Waals surface area contributed by atoms with E-state index in [0.29, 0.717) is 13.0 Å². The average molecular weight is 215 g/mol. The molecule has 1 rings (SSSR count). The monoisotopic (exact) mass is 215 g/mol. The molecule has 1 aliphatic heterocycles. The summed E-state index contributed by atoms with van der Waals surface area (Å²) in [6, 6.07) is 0. The number of aliphatic carboxylic acids is 1. The summed E-state index contributed by atoms with van der Waals surface area (Å²) in [4.78, 5) is 23.6. The number of carbonyl (C=O) groups excluding carboxylic acids is 1. The maximum Gasteiger partial charge on any atom is 0.323 e. The van der Waals surface area contributed by atoms with Crippen LogP contribution in [0.4, 0.5) is 0 Å². The first-order valence-corrected chi connectivity index (χ1v) is 5.20. The number of ether oxygens (including phenoxy) is 1. The molecule has 0 aromatic rings. The van der Waals surface area contributed by atoms with Crippen molar-refractivity contribution >= 4 is 11.9 Å². The van der Waals surface area contributed by atoms with Crippen LogP contribution in [0.15, 0.2) is 0 Å². The van der Waals surface area contributed by atoms with Gasteiger partial charge in [0.1, 0.15) is 12.6 Å². The Kier molecular flexibility index (Phi) is 4.08. The Labute approximate surface area is 89.0 Å². The molecule has 0 spiro atoms. The second-order valence-corrected chi connectivity index (χ2v) is 3.76. The summed E-state index contributed by atoms with van der Waals surface area (Å²) in [5, 5.41) is 8.62. The lowest BCUT2D eigenvalue weighted by molar-refractivity contribution is -0.149. The molecule has 15 heavy (non-hydrogen) atoms. The lowest BCUT2D eigenvalue weighted by Gasteiger charge is -2.22. The van der Waals surface area contributed by atoms with Crippen molar-refractivity contribution < 1.29 is 19.4 Å². The zero-order chi connectivity index (χ0) is 11.4. The Hall–Kier alpha value is -1.10. The summed E-state index contributed by atoms with van der Waals surface area (Å²) in [6.45, 7) is 3.84. The number of carbonyl (C=O) groups is 2. The van der Waals surface area contributed by atoms with Gasteiger partial charge >= 0.3 is 5.97 Å². The fourth-order valence-corrected chi connectivity index (χ4v) is 1.70. The van der Waals surface area contributed by atoms with Crippen LogP contribution in [0.5, 0.6) is 0 Å². The van der Waals surface area contributed by atoms with Gasteiger partial charge in [-0.1, -0.05) is 0 Å². The highest BCUT2D eigenvalue weighted by Gasteiger charge is 2.31. The van der Waals surface area contributed by atoms with Crippen LogP contribution < -0.4 is 0 Å². The third kappa shape index (κ3) is 3.20. The first-order chi connectivity index (χ1) is 7.04. The van der Waals surface area contributed by atoms with Crippen LogP contribution in [0.3, 0.4) is 0 Å². The molecule has 0 radical (unpaired) electrons. The maximum atomic E-state index is 11.8. The molecule has 1 aliphatic rings. The van der Waals surface area contributed by atoms with Gasteiger partial charge in [-0.15, -0.1) is 0 Å². The molecule has 5 heteroatoms. The minimum absolute atomic E-state index is 0.0995. The molecule has 0 bridgehead atoms.